The Bertz CT molecular complexity index is 903. The molecule has 1 amide bonds. The summed E-state index contributed by atoms with van der Waals surface area (Å²) in [6.45, 7) is 3.58. The summed E-state index contributed by atoms with van der Waals surface area (Å²) in [6.07, 6.45) is -0.850. The quantitative estimate of drug-likeness (QED) is 0.929. The van der Waals surface area contributed by atoms with E-state index >= 15 is 0 Å². The number of aliphatic hydroxyl groups excluding tert-OH is 1. The fourth-order valence-electron chi connectivity index (χ4n) is 4.68. The minimum atomic E-state index is -0.852. The number of β-amino-alcohol motifs (C(OH)–C–C–N with tert-alkyl or cyclic N) is 1. The molecule has 0 saturated carbocycles. The second kappa shape index (κ2) is 5.92. The molecular weight excluding hydrogens is 326 g/mol. The van der Waals surface area contributed by atoms with Crippen LogP contribution < -0.4 is 0 Å². The first-order valence-corrected chi connectivity index (χ1v) is 8.82. The minimum Gasteiger partial charge on any atom is -0.390 e. The van der Waals surface area contributed by atoms with Gasteiger partial charge in [0, 0.05) is 6.54 Å². The van der Waals surface area contributed by atoms with E-state index in [2.05, 4.69) is 0 Å². The van der Waals surface area contributed by atoms with Gasteiger partial charge in [-0.3, -0.25) is 9.59 Å². The van der Waals surface area contributed by atoms with Gasteiger partial charge in [-0.15, -0.1) is 0 Å². The van der Waals surface area contributed by atoms with Crippen molar-refractivity contribution >= 4 is 22.8 Å². The Balaban J connectivity index is 2.03. The number of carbonyl (C=O) groups excluding carboxylic acids is 2. The van der Waals surface area contributed by atoms with E-state index in [1.165, 1.54) is 6.92 Å². The Morgan fingerprint density at radius 2 is 1.58 bits per heavy atom. The second-order valence-corrected chi connectivity index (χ2v) is 7.20. The molecule has 132 valence electrons. The van der Waals surface area contributed by atoms with Gasteiger partial charge < -0.3 is 10.0 Å². The molecule has 2 aliphatic rings. The molecule has 3 unspecified atom stereocenters. The highest BCUT2D eigenvalue weighted by atomic mass is 16.3. The third kappa shape index (κ3) is 2.19. The number of fused-ring (bicyclic) bond motifs is 1. The number of Topliss-reactive ketones (excluding diaryl/α,β-unsaturated/α-hetero) is 1. The number of benzene rings is 2. The molecule has 4 nitrogen and oxygen atoms in total. The van der Waals surface area contributed by atoms with Gasteiger partial charge in [0.1, 0.15) is 5.78 Å². The molecule has 2 heterocycles. The van der Waals surface area contributed by atoms with Crippen molar-refractivity contribution in [2.75, 3.05) is 6.54 Å². The van der Waals surface area contributed by atoms with E-state index in [9.17, 15) is 14.7 Å². The lowest BCUT2D eigenvalue weighted by Crippen LogP contribution is -2.46. The highest BCUT2D eigenvalue weighted by Crippen LogP contribution is 2.53. The summed E-state index contributed by atoms with van der Waals surface area (Å²) in [4.78, 5) is 27.4. The van der Waals surface area contributed by atoms with Crippen LogP contribution in [0.25, 0.3) is 11.1 Å². The normalized spacial score (nSPS) is 27.8. The molecule has 4 rings (SSSR count). The largest absolute Gasteiger partial charge is 0.390 e. The van der Waals surface area contributed by atoms with Gasteiger partial charge in [-0.05, 0) is 30.5 Å². The third-order valence-electron chi connectivity index (χ3n) is 5.70. The zero-order valence-corrected chi connectivity index (χ0v) is 14.8. The van der Waals surface area contributed by atoms with Gasteiger partial charge in [0.25, 0.3) is 5.91 Å². The molecule has 0 bridgehead atoms. The predicted molar refractivity (Wildman–Crippen MR) is 100.0 cm³/mol. The SMILES string of the molecule is CC(=O)C1C(O)CN2C(=O)C(c3ccccc3)=C(c3ccccc3)C12C. The summed E-state index contributed by atoms with van der Waals surface area (Å²) in [5, 5.41) is 10.5. The van der Waals surface area contributed by atoms with Gasteiger partial charge in [0.2, 0.25) is 0 Å². The summed E-state index contributed by atoms with van der Waals surface area (Å²) in [6, 6.07) is 19.3. The van der Waals surface area contributed by atoms with Crippen LogP contribution in [0, 0.1) is 5.92 Å². The lowest BCUT2D eigenvalue weighted by Gasteiger charge is -2.35. The van der Waals surface area contributed by atoms with Gasteiger partial charge in [0.15, 0.2) is 0 Å². The van der Waals surface area contributed by atoms with Crippen molar-refractivity contribution in [3.63, 3.8) is 0 Å². The number of carbonyl (C=O) groups is 2. The molecule has 2 aliphatic heterocycles. The standard InChI is InChI=1S/C22H21NO3/c1-14(24)19-17(25)13-23-21(26)18(15-9-5-3-6-10-15)20(22(19,23)2)16-11-7-4-8-12-16/h3-12,17,19,25H,13H2,1-2H3. The zero-order chi connectivity index (χ0) is 18.5. The molecule has 1 saturated heterocycles. The van der Waals surface area contributed by atoms with Crippen LogP contribution >= 0.6 is 0 Å². The van der Waals surface area contributed by atoms with E-state index in [0.29, 0.717) is 5.57 Å². The highest BCUT2D eigenvalue weighted by molar-refractivity contribution is 6.32. The number of ketones is 1. The Labute approximate surface area is 152 Å². The molecular formula is C22H21NO3. The van der Waals surface area contributed by atoms with E-state index in [-0.39, 0.29) is 18.2 Å². The maximum absolute atomic E-state index is 13.3. The number of aliphatic hydroxyl groups is 1. The van der Waals surface area contributed by atoms with Crippen molar-refractivity contribution in [3.05, 3.63) is 71.8 Å². The molecule has 0 radical (unpaired) electrons. The first-order chi connectivity index (χ1) is 12.5. The van der Waals surface area contributed by atoms with Crippen molar-refractivity contribution < 1.29 is 14.7 Å². The Hall–Kier alpha value is -2.72. The molecule has 0 aliphatic carbocycles. The van der Waals surface area contributed by atoms with Crippen LogP contribution in [-0.4, -0.2) is 39.9 Å². The van der Waals surface area contributed by atoms with E-state index in [1.54, 1.807) is 4.90 Å². The predicted octanol–water partition coefficient (Wildman–Crippen LogP) is 2.78. The molecule has 2 aromatic rings. The minimum absolute atomic E-state index is 0.0990. The van der Waals surface area contributed by atoms with Crippen molar-refractivity contribution in [3.8, 4) is 0 Å². The summed E-state index contributed by atoms with van der Waals surface area (Å²) in [5.74, 6) is -0.860. The van der Waals surface area contributed by atoms with Crippen LogP contribution in [0.3, 0.4) is 0 Å². The summed E-state index contributed by atoms with van der Waals surface area (Å²) < 4.78 is 0. The van der Waals surface area contributed by atoms with Gasteiger partial charge in [0.05, 0.1) is 23.1 Å². The van der Waals surface area contributed by atoms with Gasteiger partial charge in [-0.25, -0.2) is 0 Å². The van der Waals surface area contributed by atoms with Gasteiger partial charge >= 0.3 is 0 Å². The van der Waals surface area contributed by atoms with E-state index in [4.69, 9.17) is 0 Å². The van der Waals surface area contributed by atoms with Crippen molar-refractivity contribution in [2.45, 2.75) is 25.5 Å². The molecule has 1 N–H and O–H groups in total. The van der Waals surface area contributed by atoms with Crippen LogP contribution in [-0.2, 0) is 9.59 Å². The first kappa shape index (κ1) is 16.7. The highest BCUT2D eigenvalue weighted by Gasteiger charge is 2.61. The lowest BCUT2D eigenvalue weighted by molar-refractivity contribution is -0.128. The van der Waals surface area contributed by atoms with Crippen molar-refractivity contribution in [1.29, 1.82) is 0 Å². The zero-order valence-electron chi connectivity index (χ0n) is 14.8. The average molecular weight is 347 g/mol. The van der Waals surface area contributed by atoms with Gasteiger partial charge in [-0.2, -0.15) is 0 Å². The molecule has 4 heteroatoms. The summed E-state index contributed by atoms with van der Waals surface area (Å²) >= 11 is 0. The Kier molecular flexibility index (Phi) is 3.81. The van der Waals surface area contributed by atoms with Crippen molar-refractivity contribution in [2.24, 2.45) is 5.92 Å². The molecule has 0 spiro atoms. The van der Waals surface area contributed by atoms with Crippen LogP contribution in [0.15, 0.2) is 60.7 Å². The topological polar surface area (TPSA) is 57.6 Å². The van der Waals surface area contributed by atoms with Crippen molar-refractivity contribution in [1.82, 2.24) is 4.90 Å². The number of hydrogen-bond acceptors (Lipinski definition) is 3. The smallest absolute Gasteiger partial charge is 0.255 e. The van der Waals surface area contributed by atoms with Crippen LogP contribution in [0.4, 0.5) is 0 Å². The van der Waals surface area contributed by atoms with Crippen LogP contribution in [0.1, 0.15) is 25.0 Å². The lowest BCUT2D eigenvalue weighted by atomic mass is 9.74. The third-order valence-corrected chi connectivity index (χ3v) is 5.70. The molecule has 1 fully saturated rings. The van der Waals surface area contributed by atoms with E-state index in [1.807, 2.05) is 67.6 Å². The van der Waals surface area contributed by atoms with Gasteiger partial charge in [-0.1, -0.05) is 60.7 Å². The van der Waals surface area contributed by atoms with Crippen LogP contribution in [0.5, 0.6) is 0 Å². The molecule has 2 aromatic carbocycles. The second-order valence-electron chi connectivity index (χ2n) is 7.20. The summed E-state index contributed by atoms with van der Waals surface area (Å²) in [5.41, 5.74) is 2.34. The monoisotopic (exact) mass is 347 g/mol. The number of rotatable bonds is 3. The summed E-state index contributed by atoms with van der Waals surface area (Å²) in [7, 11) is 0. The Morgan fingerprint density at radius 1 is 1.04 bits per heavy atom. The first-order valence-electron chi connectivity index (χ1n) is 8.82. The molecule has 26 heavy (non-hydrogen) atoms. The molecule has 3 atom stereocenters. The molecule has 0 aromatic heterocycles. The average Bonchev–Trinajstić information content (AvgIpc) is 3.02. The fraction of sp³-hybridized carbons (Fsp3) is 0.273. The number of amides is 1. The van der Waals surface area contributed by atoms with E-state index in [0.717, 1.165) is 16.7 Å². The Morgan fingerprint density at radius 3 is 2.12 bits per heavy atom. The van der Waals surface area contributed by atoms with E-state index < -0.39 is 17.6 Å². The number of nitrogens with zero attached hydrogens (tertiary/aromatic N) is 1. The fourth-order valence-corrected chi connectivity index (χ4v) is 4.68. The van der Waals surface area contributed by atoms with Crippen LogP contribution in [0.2, 0.25) is 0 Å². The maximum Gasteiger partial charge on any atom is 0.255 e. The maximum atomic E-state index is 13.3. The number of hydrogen-bond donors (Lipinski definition) is 1.